The summed E-state index contributed by atoms with van der Waals surface area (Å²) in [6, 6.07) is 0. The minimum Gasteiger partial charge on any atom is -0.481 e. The highest BCUT2D eigenvalue weighted by atomic mass is 32.1. The molecular weight excluding hydrogens is 242 g/mol. The highest BCUT2D eigenvalue weighted by Gasteiger charge is 2.41. The Morgan fingerprint density at radius 2 is 2.18 bits per heavy atom. The van der Waals surface area contributed by atoms with Gasteiger partial charge < -0.3 is 10.4 Å². The molecule has 6 nitrogen and oxygen atoms in total. The molecule has 92 valence electrons. The van der Waals surface area contributed by atoms with Crippen LogP contribution >= 0.6 is 11.7 Å². The van der Waals surface area contributed by atoms with Crippen molar-refractivity contribution in [3.63, 3.8) is 0 Å². The van der Waals surface area contributed by atoms with Crippen LogP contribution in [0.15, 0.2) is 6.20 Å². The second-order valence-electron chi connectivity index (χ2n) is 4.27. The molecule has 2 rings (SSSR count). The van der Waals surface area contributed by atoms with E-state index in [9.17, 15) is 14.7 Å². The maximum atomic E-state index is 11.6. The molecule has 0 aromatic carbocycles. The van der Waals surface area contributed by atoms with E-state index in [1.165, 1.54) is 6.20 Å². The Balaban J connectivity index is 1.97. The summed E-state index contributed by atoms with van der Waals surface area (Å²) in [5.74, 6) is -1.18. The van der Waals surface area contributed by atoms with Gasteiger partial charge in [0.1, 0.15) is 0 Å². The molecule has 0 aliphatic heterocycles. The van der Waals surface area contributed by atoms with Crippen molar-refractivity contribution in [1.29, 1.82) is 0 Å². The molecule has 1 saturated carbocycles. The lowest BCUT2D eigenvalue weighted by atomic mass is 9.86. The lowest BCUT2D eigenvalue weighted by Crippen LogP contribution is -2.41. The van der Waals surface area contributed by atoms with Crippen LogP contribution in [0.1, 0.15) is 36.2 Å². The third-order valence-electron chi connectivity index (χ3n) is 3.20. The van der Waals surface area contributed by atoms with E-state index >= 15 is 0 Å². The predicted octanol–water partition coefficient (Wildman–Crippen LogP) is 0.913. The molecular formula is C10H13N3O3S. The van der Waals surface area contributed by atoms with Gasteiger partial charge in [-0.1, -0.05) is 12.8 Å². The number of carboxylic acid groups (broad SMARTS) is 1. The van der Waals surface area contributed by atoms with Crippen LogP contribution in [0.3, 0.4) is 0 Å². The number of nitrogens with zero attached hydrogens (tertiary/aromatic N) is 2. The molecule has 2 N–H and O–H groups in total. The van der Waals surface area contributed by atoms with Gasteiger partial charge in [0.15, 0.2) is 5.69 Å². The van der Waals surface area contributed by atoms with Crippen LogP contribution < -0.4 is 5.32 Å². The van der Waals surface area contributed by atoms with Crippen molar-refractivity contribution >= 4 is 23.6 Å². The Labute approximate surface area is 102 Å². The molecule has 0 spiro atoms. The quantitative estimate of drug-likeness (QED) is 0.834. The van der Waals surface area contributed by atoms with Gasteiger partial charge in [0.2, 0.25) is 0 Å². The number of amides is 1. The van der Waals surface area contributed by atoms with Crippen molar-refractivity contribution in [1.82, 2.24) is 14.1 Å². The number of hydrogen-bond acceptors (Lipinski definition) is 5. The molecule has 1 aromatic rings. The van der Waals surface area contributed by atoms with Gasteiger partial charge in [-0.05, 0) is 12.8 Å². The van der Waals surface area contributed by atoms with Crippen LogP contribution in [0.25, 0.3) is 0 Å². The standard InChI is InChI=1S/C10H13N3O3S/c14-8(7-5-12-17-13-7)11-6-10(9(15)16)3-1-2-4-10/h5H,1-4,6H2,(H,11,14)(H,15,16). The predicted molar refractivity (Wildman–Crippen MR) is 60.8 cm³/mol. The zero-order valence-electron chi connectivity index (χ0n) is 9.18. The molecule has 1 amide bonds. The van der Waals surface area contributed by atoms with Crippen LogP contribution in [-0.2, 0) is 4.79 Å². The van der Waals surface area contributed by atoms with Crippen LogP contribution in [0, 0.1) is 5.41 Å². The summed E-state index contributed by atoms with van der Waals surface area (Å²) in [4.78, 5) is 22.9. The Morgan fingerprint density at radius 1 is 1.47 bits per heavy atom. The van der Waals surface area contributed by atoms with Crippen molar-refractivity contribution in [2.75, 3.05) is 6.54 Å². The van der Waals surface area contributed by atoms with Crippen molar-refractivity contribution in [3.8, 4) is 0 Å². The maximum Gasteiger partial charge on any atom is 0.311 e. The first kappa shape index (κ1) is 12.0. The zero-order valence-corrected chi connectivity index (χ0v) is 10.00. The number of nitrogens with one attached hydrogen (secondary N) is 1. The fourth-order valence-corrected chi connectivity index (χ4v) is 2.53. The SMILES string of the molecule is O=C(NCC1(C(=O)O)CCCC1)c1cnsn1. The third kappa shape index (κ3) is 2.44. The lowest BCUT2D eigenvalue weighted by Gasteiger charge is -2.23. The molecule has 0 saturated heterocycles. The summed E-state index contributed by atoms with van der Waals surface area (Å²) in [5.41, 5.74) is -0.549. The first-order valence-electron chi connectivity index (χ1n) is 5.43. The molecule has 0 unspecified atom stereocenters. The van der Waals surface area contributed by atoms with E-state index in [1.807, 2.05) is 0 Å². The first-order valence-corrected chi connectivity index (χ1v) is 6.16. The summed E-state index contributed by atoms with van der Waals surface area (Å²) < 4.78 is 7.53. The molecule has 17 heavy (non-hydrogen) atoms. The minimum atomic E-state index is -0.827. The third-order valence-corrected chi connectivity index (χ3v) is 3.67. The molecule has 1 aliphatic rings. The molecule has 0 radical (unpaired) electrons. The molecule has 7 heteroatoms. The summed E-state index contributed by atoms with van der Waals surface area (Å²) in [5, 5.41) is 11.9. The number of carbonyl (C=O) groups is 2. The van der Waals surface area contributed by atoms with Crippen LogP contribution in [0.2, 0.25) is 0 Å². The molecule has 1 aromatic heterocycles. The van der Waals surface area contributed by atoms with E-state index in [0.29, 0.717) is 12.8 Å². The lowest BCUT2D eigenvalue weighted by molar-refractivity contribution is -0.148. The van der Waals surface area contributed by atoms with Crippen molar-refractivity contribution in [2.24, 2.45) is 5.41 Å². The number of rotatable bonds is 4. The Kier molecular flexibility index (Phi) is 3.37. The second kappa shape index (κ2) is 4.79. The summed E-state index contributed by atoms with van der Waals surface area (Å²) >= 11 is 0.954. The topological polar surface area (TPSA) is 92.2 Å². The average molecular weight is 255 g/mol. The Bertz CT molecular complexity index is 412. The van der Waals surface area contributed by atoms with E-state index in [0.717, 1.165) is 24.6 Å². The van der Waals surface area contributed by atoms with Gasteiger partial charge in [-0.3, -0.25) is 9.59 Å². The van der Waals surface area contributed by atoms with Gasteiger partial charge in [0.05, 0.1) is 23.3 Å². The molecule has 1 heterocycles. The van der Waals surface area contributed by atoms with E-state index in [4.69, 9.17) is 0 Å². The molecule has 1 fully saturated rings. The summed E-state index contributed by atoms with van der Waals surface area (Å²) in [6.07, 6.45) is 4.43. The van der Waals surface area contributed by atoms with Gasteiger partial charge in [-0.2, -0.15) is 8.75 Å². The first-order chi connectivity index (χ1) is 8.14. The highest BCUT2D eigenvalue weighted by Crippen LogP contribution is 2.37. The Hall–Kier alpha value is -1.50. The summed E-state index contributed by atoms with van der Waals surface area (Å²) in [6.45, 7) is 0.165. The molecule has 1 aliphatic carbocycles. The minimum absolute atomic E-state index is 0.165. The van der Waals surface area contributed by atoms with Crippen LogP contribution in [0.4, 0.5) is 0 Å². The number of aliphatic carboxylic acids is 1. The smallest absolute Gasteiger partial charge is 0.311 e. The second-order valence-corrected chi connectivity index (χ2v) is 4.82. The highest BCUT2D eigenvalue weighted by molar-refractivity contribution is 6.99. The van der Waals surface area contributed by atoms with Gasteiger partial charge in [0, 0.05) is 6.54 Å². The van der Waals surface area contributed by atoms with Crippen molar-refractivity contribution in [3.05, 3.63) is 11.9 Å². The van der Waals surface area contributed by atoms with Gasteiger partial charge in [-0.25, -0.2) is 0 Å². The van der Waals surface area contributed by atoms with E-state index in [-0.39, 0.29) is 18.1 Å². The fourth-order valence-electron chi connectivity index (χ4n) is 2.12. The van der Waals surface area contributed by atoms with E-state index < -0.39 is 11.4 Å². The van der Waals surface area contributed by atoms with Crippen molar-refractivity contribution < 1.29 is 14.7 Å². The monoisotopic (exact) mass is 255 g/mol. The van der Waals surface area contributed by atoms with Crippen LogP contribution in [0.5, 0.6) is 0 Å². The number of carboxylic acids is 1. The van der Waals surface area contributed by atoms with Gasteiger partial charge in [0.25, 0.3) is 5.91 Å². The summed E-state index contributed by atoms with van der Waals surface area (Å²) in [7, 11) is 0. The van der Waals surface area contributed by atoms with Gasteiger partial charge >= 0.3 is 5.97 Å². The number of carbonyl (C=O) groups excluding carboxylic acids is 1. The van der Waals surface area contributed by atoms with E-state index in [1.54, 1.807) is 0 Å². The van der Waals surface area contributed by atoms with Crippen LogP contribution in [-0.4, -0.2) is 32.3 Å². The number of aromatic nitrogens is 2. The van der Waals surface area contributed by atoms with Crippen molar-refractivity contribution in [2.45, 2.75) is 25.7 Å². The molecule has 0 bridgehead atoms. The Morgan fingerprint density at radius 3 is 2.71 bits per heavy atom. The molecule has 0 atom stereocenters. The normalized spacial score (nSPS) is 17.9. The largest absolute Gasteiger partial charge is 0.481 e. The zero-order chi connectivity index (χ0) is 12.3. The van der Waals surface area contributed by atoms with Gasteiger partial charge in [-0.15, -0.1) is 0 Å². The number of hydrogen-bond donors (Lipinski definition) is 2. The van der Waals surface area contributed by atoms with E-state index in [2.05, 4.69) is 14.1 Å². The maximum absolute atomic E-state index is 11.6. The fraction of sp³-hybridized carbons (Fsp3) is 0.600. The average Bonchev–Trinajstić information content (AvgIpc) is 2.97.